The lowest BCUT2D eigenvalue weighted by atomic mass is 10.1. The molecule has 0 radical (unpaired) electrons. The van der Waals surface area contributed by atoms with Crippen LogP contribution in [0.3, 0.4) is 0 Å². The van der Waals surface area contributed by atoms with Gasteiger partial charge in [-0.25, -0.2) is 0 Å². The highest BCUT2D eigenvalue weighted by Gasteiger charge is 2.33. The van der Waals surface area contributed by atoms with Gasteiger partial charge < -0.3 is 10.6 Å². The Kier molecular flexibility index (Phi) is 2.28. The molecule has 4 heteroatoms. The first-order valence-corrected chi connectivity index (χ1v) is 5.48. The van der Waals surface area contributed by atoms with Crippen LogP contribution in [0.1, 0.15) is 12.8 Å². The molecule has 0 aliphatic carbocycles. The van der Waals surface area contributed by atoms with Crippen LogP contribution in [0.5, 0.6) is 0 Å². The van der Waals surface area contributed by atoms with Gasteiger partial charge in [-0.15, -0.1) is 11.8 Å². The number of rotatable bonds is 1. The summed E-state index contributed by atoms with van der Waals surface area (Å²) in [7, 11) is 0. The molecule has 0 aromatic heterocycles. The number of nitrogens with zero attached hydrogens (tertiary/aromatic N) is 1. The lowest BCUT2D eigenvalue weighted by molar-refractivity contribution is -0.134. The first kappa shape index (κ1) is 8.38. The van der Waals surface area contributed by atoms with Gasteiger partial charge in [0.15, 0.2) is 0 Å². The summed E-state index contributed by atoms with van der Waals surface area (Å²) in [6, 6.07) is 0.236. The van der Waals surface area contributed by atoms with E-state index in [1.807, 2.05) is 4.90 Å². The molecule has 2 saturated heterocycles. The Hall–Kier alpha value is -0.220. The Labute approximate surface area is 76.7 Å². The number of hydrogen-bond donors (Lipinski definition) is 1. The van der Waals surface area contributed by atoms with Crippen LogP contribution in [0.2, 0.25) is 0 Å². The van der Waals surface area contributed by atoms with Crippen molar-refractivity contribution in [1.82, 2.24) is 4.90 Å². The summed E-state index contributed by atoms with van der Waals surface area (Å²) >= 11 is 1.80. The van der Waals surface area contributed by atoms with Crippen molar-refractivity contribution in [1.29, 1.82) is 0 Å². The van der Waals surface area contributed by atoms with Gasteiger partial charge in [-0.3, -0.25) is 4.79 Å². The summed E-state index contributed by atoms with van der Waals surface area (Å²) in [5.74, 6) is 1.47. The Morgan fingerprint density at radius 3 is 2.75 bits per heavy atom. The molecule has 2 aliphatic rings. The lowest BCUT2D eigenvalue weighted by Crippen LogP contribution is -2.59. The SMILES string of the molecule is NC1CN(C(=O)C2CCCS2)C1. The quantitative estimate of drug-likeness (QED) is 0.629. The average Bonchev–Trinajstić information content (AvgIpc) is 2.49. The minimum Gasteiger partial charge on any atom is -0.338 e. The van der Waals surface area contributed by atoms with E-state index < -0.39 is 0 Å². The molecule has 68 valence electrons. The number of thioether (sulfide) groups is 1. The highest BCUT2D eigenvalue weighted by molar-refractivity contribution is 8.00. The fraction of sp³-hybridized carbons (Fsp3) is 0.875. The molecular weight excluding hydrogens is 172 g/mol. The summed E-state index contributed by atoms with van der Waals surface area (Å²) in [4.78, 5) is 13.5. The third-order valence-corrected chi connectivity index (χ3v) is 3.79. The molecular formula is C8H14N2OS. The van der Waals surface area contributed by atoms with E-state index in [0.717, 1.165) is 25.3 Å². The summed E-state index contributed by atoms with van der Waals surface area (Å²) in [5, 5.41) is 0.248. The van der Waals surface area contributed by atoms with Gasteiger partial charge in [0, 0.05) is 19.1 Å². The molecule has 12 heavy (non-hydrogen) atoms. The molecule has 0 spiro atoms. The second-order valence-electron chi connectivity index (χ2n) is 3.50. The van der Waals surface area contributed by atoms with E-state index in [9.17, 15) is 4.79 Å². The van der Waals surface area contributed by atoms with Crippen molar-refractivity contribution in [3.8, 4) is 0 Å². The molecule has 2 heterocycles. The minimum atomic E-state index is 0.236. The predicted octanol–water partition coefficient (Wildman–Crippen LogP) is 0.0515. The first-order valence-electron chi connectivity index (χ1n) is 4.43. The Bertz CT molecular complexity index is 185. The van der Waals surface area contributed by atoms with Crippen molar-refractivity contribution < 1.29 is 4.79 Å². The lowest BCUT2D eigenvalue weighted by Gasteiger charge is -2.38. The number of carbonyl (C=O) groups is 1. The largest absolute Gasteiger partial charge is 0.338 e. The summed E-state index contributed by atoms with van der Waals surface area (Å²) in [6.45, 7) is 1.55. The van der Waals surface area contributed by atoms with Gasteiger partial charge in [0.1, 0.15) is 0 Å². The fourth-order valence-corrected chi connectivity index (χ4v) is 2.91. The molecule has 0 bridgehead atoms. The van der Waals surface area contributed by atoms with Crippen LogP contribution in [0.25, 0.3) is 0 Å². The van der Waals surface area contributed by atoms with Gasteiger partial charge in [-0.05, 0) is 18.6 Å². The second kappa shape index (κ2) is 3.26. The van der Waals surface area contributed by atoms with E-state index in [2.05, 4.69) is 0 Å². The number of amides is 1. The maximum absolute atomic E-state index is 11.6. The third-order valence-electron chi connectivity index (χ3n) is 2.43. The van der Waals surface area contributed by atoms with Crippen molar-refractivity contribution in [2.75, 3.05) is 18.8 Å². The normalized spacial score (nSPS) is 30.4. The number of carbonyl (C=O) groups excluding carboxylic acids is 1. The van der Waals surface area contributed by atoms with E-state index in [1.165, 1.54) is 6.42 Å². The Balaban J connectivity index is 1.83. The topological polar surface area (TPSA) is 46.3 Å². The Morgan fingerprint density at radius 1 is 1.50 bits per heavy atom. The number of nitrogens with two attached hydrogens (primary N) is 1. The van der Waals surface area contributed by atoms with Gasteiger partial charge in [0.2, 0.25) is 5.91 Å². The maximum Gasteiger partial charge on any atom is 0.235 e. The van der Waals surface area contributed by atoms with Crippen LogP contribution in [0.4, 0.5) is 0 Å². The molecule has 0 saturated carbocycles. The summed E-state index contributed by atoms with van der Waals surface area (Å²) in [5.41, 5.74) is 5.60. The smallest absolute Gasteiger partial charge is 0.235 e. The number of hydrogen-bond acceptors (Lipinski definition) is 3. The summed E-state index contributed by atoms with van der Waals surface area (Å²) < 4.78 is 0. The van der Waals surface area contributed by atoms with Crippen molar-refractivity contribution >= 4 is 17.7 Å². The van der Waals surface area contributed by atoms with Gasteiger partial charge >= 0.3 is 0 Å². The van der Waals surface area contributed by atoms with Gasteiger partial charge in [0.25, 0.3) is 0 Å². The van der Waals surface area contributed by atoms with Crippen molar-refractivity contribution in [2.24, 2.45) is 5.73 Å². The zero-order valence-electron chi connectivity index (χ0n) is 7.03. The van der Waals surface area contributed by atoms with Crippen molar-refractivity contribution in [3.05, 3.63) is 0 Å². The molecule has 1 amide bonds. The molecule has 2 N–H and O–H groups in total. The van der Waals surface area contributed by atoms with E-state index in [0.29, 0.717) is 5.91 Å². The highest BCUT2D eigenvalue weighted by Crippen LogP contribution is 2.28. The molecule has 2 fully saturated rings. The fourth-order valence-electron chi connectivity index (χ4n) is 1.67. The monoisotopic (exact) mass is 186 g/mol. The van der Waals surface area contributed by atoms with E-state index in [1.54, 1.807) is 11.8 Å². The minimum absolute atomic E-state index is 0.236. The second-order valence-corrected chi connectivity index (χ2v) is 4.82. The zero-order chi connectivity index (χ0) is 8.55. The molecule has 1 unspecified atom stereocenters. The predicted molar refractivity (Wildman–Crippen MR) is 50.0 cm³/mol. The van der Waals surface area contributed by atoms with Gasteiger partial charge in [-0.2, -0.15) is 0 Å². The molecule has 0 aromatic rings. The molecule has 3 nitrogen and oxygen atoms in total. The third kappa shape index (κ3) is 1.45. The van der Waals surface area contributed by atoms with Crippen molar-refractivity contribution in [2.45, 2.75) is 24.1 Å². The standard InChI is InChI=1S/C8H14N2OS/c9-6-4-10(5-6)8(11)7-2-1-3-12-7/h6-7H,1-5,9H2. The van der Waals surface area contributed by atoms with Crippen LogP contribution < -0.4 is 5.73 Å². The van der Waals surface area contributed by atoms with Crippen LogP contribution >= 0.6 is 11.8 Å². The first-order chi connectivity index (χ1) is 5.77. The van der Waals surface area contributed by atoms with Crippen molar-refractivity contribution in [3.63, 3.8) is 0 Å². The van der Waals surface area contributed by atoms with Gasteiger partial charge in [-0.1, -0.05) is 0 Å². The zero-order valence-corrected chi connectivity index (χ0v) is 7.85. The highest BCUT2D eigenvalue weighted by atomic mass is 32.2. The average molecular weight is 186 g/mol. The van der Waals surface area contributed by atoms with E-state index in [-0.39, 0.29) is 11.3 Å². The Morgan fingerprint density at radius 2 is 2.25 bits per heavy atom. The van der Waals surface area contributed by atoms with E-state index >= 15 is 0 Å². The molecule has 0 aromatic carbocycles. The maximum atomic E-state index is 11.6. The van der Waals surface area contributed by atoms with Crippen LogP contribution in [0.15, 0.2) is 0 Å². The number of likely N-dealkylation sites (tertiary alicyclic amines) is 1. The van der Waals surface area contributed by atoms with Crippen LogP contribution in [-0.2, 0) is 4.79 Å². The summed E-state index contributed by atoms with van der Waals surface area (Å²) in [6.07, 6.45) is 2.26. The van der Waals surface area contributed by atoms with Crippen LogP contribution in [0, 0.1) is 0 Å². The molecule has 2 rings (SSSR count). The van der Waals surface area contributed by atoms with Gasteiger partial charge in [0.05, 0.1) is 5.25 Å². The van der Waals surface area contributed by atoms with Crippen LogP contribution in [-0.4, -0.2) is 40.9 Å². The molecule has 2 aliphatic heterocycles. The molecule has 1 atom stereocenters. The van der Waals surface area contributed by atoms with E-state index in [4.69, 9.17) is 5.73 Å².